The highest BCUT2D eigenvalue weighted by atomic mass is 16.5. The van der Waals surface area contributed by atoms with Gasteiger partial charge in [-0.15, -0.1) is 0 Å². The summed E-state index contributed by atoms with van der Waals surface area (Å²) in [5, 5.41) is 2.88. The molecule has 6 nitrogen and oxygen atoms in total. The zero-order chi connectivity index (χ0) is 15.8. The number of alkyl carbamates (subject to hydrolysis) is 1. The summed E-state index contributed by atoms with van der Waals surface area (Å²) >= 11 is 0. The van der Waals surface area contributed by atoms with Crippen LogP contribution in [0.3, 0.4) is 0 Å². The predicted molar refractivity (Wildman–Crippen MR) is 80.0 cm³/mol. The lowest BCUT2D eigenvalue weighted by Gasteiger charge is -2.39. The van der Waals surface area contributed by atoms with Crippen LogP contribution < -0.4 is 5.32 Å². The van der Waals surface area contributed by atoms with Crippen LogP contribution in [0, 0.1) is 11.8 Å². The number of amides is 1. The second-order valence-corrected chi connectivity index (χ2v) is 5.80. The first-order valence-electron chi connectivity index (χ1n) is 7.77. The van der Waals surface area contributed by atoms with E-state index >= 15 is 0 Å². The second-order valence-electron chi connectivity index (χ2n) is 5.80. The molecular formula is C15H28N2O4. The van der Waals surface area contributed by atoms with Gasteiger partial charge in [-0.2, -0.15) is 0 Å². The molecule has 0 aromatic rings. The number of carbonyl (C=O) groups is 2. The van der Waals surface area contributed by atoms with E-state index in [9.17, 15) is 9.59 Å². The van der Waals surface area contributed by atoms with Gasteiger partial charge >= 0.3 is 12.1 Å². The van der Waals surface area contributed by atoms with Gasteiger partial charge in [-0.1, -0.05) is 13.8 Å². The molecule has 1 aliphatic rings. The number of nitrogens with one attached hydrogen (secondary N) is 1. The number of likely N-dealkylation sites (tertiary alicyclic amines) is 1. The third kappa shape index (κ3) is 6.33. The SMILES string of the molecule is CCOC(=O)CN1CC(NC(=O)OCC)CC(C(C)C)C1. The molecule has 1 N–H and O–H groups in total. The Kier molecular flexibility index (Phi) is 7.50. The van der Waals surface area contributed by atoms with Crippen LogP contribution in [-0.4, -0.2) is 55.9 Å². The number of hydrogen-bond acceptors (Lipinski definition) is 5. The molecule has 0 spiro atoms. The molecule has 1 fully saturated rings. The average Bonchev–Trinajstić information content (AvgIpc) is 2.38. The first kappa shape index (κ1) is 17.8. The predicted octanol–water partition coefficient (Wildman–Crippen LogP) is 1.64. The molecule has 1 heterocycles. The van der Waals surface area contributed by atoms with E-state index in [-0.39, 0.29) is 24.6 Å². The number of ether oxygens (including phenoxy) is 2. The average molecular weight is 300 g/mol. The Morgan fingerprint density at radius 3 is 2.43 bits per heavy atom. The molecular weight excluding hydrogens is 272 g/mol. The van der Waals surface area contributed by atoms with Crippen LogP contribution in [0.1, 0.15) is 34.1 Å². The lowest BCUT2D eigenvalue weighted by molar-refractivity contribution is -0.145. The Labute approximate surface area is 127 Å². The van der Waals surface area contributed by atoms with Crippen LogP contribution in [0.25, 0.3) is 0 Å². The molecule has 0 aromatic heterocycles. The van der Waals surface area contributed by atoms with Crippen molar-refractivity contribution in [1.29, 1.82) is 0 Å². The van der Waals surface area contributed by atoms with Crippen molar-refractivity contribution in [1.82, 2.24) is 10.2 Å². The Bertz CT molecular complexity index is 319. The van der Waals surface area contributed by atoms with Crippen molar-refractivity contribution >= 4 is 12.1 Å². The van der Waals surface area contributed by atoms with E-state index in [1.54, 1.807) is 13.8 Å². The van der Waals surface area contributed by atoms with E-state index < -0.39 is 0 Å². The lowest BCUT2D eigenvalue weighted by atomic mass is 9.85. The van der Waals surface area contributed by atoms with Crippen LogP contribution >= 0.6 is 0 Å². The first-order chi connectivity index (χ1) is 9.96. The van der Waals surface area contributed by atoms with Crippen molar-refractivity contribution in [2.24, 2.45) is 11.8 Å². The Balaban J connectivity index is 2.59. The van der Waals surface area contributed by atoms with Gasteiger partial charge < -0.3 is 14.8 Å². The molecule has 21 heavy (non-hydrogen) atoms. The van der Waals surface area contributed by atoms with Crippen molar-refractivity contribution in [2.45, 2.75) is 40.2 Å². The van der Waals surface area contributed by atoms with E-state index in [0.29, 0.717) is 31.6 Å². The number of piperidine rings is 1. The molecule has 0 bridgehead atoms. The third-order valence-electron chi connectivity index (χ3n) is 3.76. The van der Waals surface area contributed by atoms with Crippen LogP contribution in [-0.2, 0) is 14.3 Å². The summed E-state index contributed by atoms with van der Waals surface area (Å²) in [5.41, 5.74) is 0. The third-order valence-corrected chi connectivity index (χ3v) is 3.76. The van der Waals surface area contributed by atoms with Crippen molar-refractivity contribution in [3.8, 4) is 0 Å². The zero-order valence-electron chi connectivity index (χ0n) is 13.6. The van der Waals surface area contributed by atoms with E-state index in [1.165, 1.54) is 0 Å². The number of nitrogens with zero attached hydrogens (tertiary/aromatic N) is 1. The smallest absolute Gasteiger partial charge is 0.407 e. The van der Waals surface area contributed by atoms with Crippen LogP contribution in [0.15, 0.2) is 0 Å². The molecule has 122 valence electrons. The maximum atomic E-state index is 11.6. The summed E-state index contributed by atoms with van der Waals surface area (Å²) < 4.78 is 9.94. The summed E-state index contributed by atoms with van der Waals surface area (Å²) in [6, 6.07) is 0.0135. The highest BCUT2D eigenvalue weighted by Gasteiger charge is 2.31. The van der Waals surface area contributed by atoms with Gasteiger partial charge in [0, 0.05) is 19.1 Å². The largest absolute Gasteiger partial charge is 0.465 e. The number of hydrogen-bond donors (Lipinski definition) is 1. The number of rotatable bonds is 6. The summed E-state index contributed by atoms with van der Waals surface area (Å²) in [6.45, 7) is 10.5. The van der Waals surface area contributed by atoms with Crippen molar-refractivity contribution in [2.75, 3.05) is 32.8 Å². The highest BCUT2D eigenvalue weighted by Crippen LogP contribution is 2.24. The monoisotopic (exact) mass is 300 g/mol. The Hall–Kier alpha value is -1.30. The van der Waals surface area contributed by atoms with Crippen LogP contribution in [0.4, 0.5) is 4.79 Å². The summed E-state index contributed by atoms with van der Waals surface area (Å²) in [7, 11) is 0. The summed E-state index contributed by atoms with van der Waals surface area (Å²) in [4.78, 5) is 25.3. The van der Waals surface area contributed by atoms with Crippen molar-refractivity contribution in [3.05, 3.63) is 0 Å². The quantitative estimate of drug-likeness (QED) is 0.755. The Morgan fingerprint density at radius 1 is 1.19 bits per heavy atom. The topological polar surface area (TPSA) is 67.9 Å². The van der Waals surface area contributed by atoms with Crippen molar-refractivity contribution in [3.63, 3.8) is 0 Å². The van der Waals surface area contributed by atoms with E-state index in [2.05, 4.69) is 24.1 Å². The van der Waals surface area contributed by atoms with Crippen LogP contribution in [0.2, 0.25) is 0 Å². The molecule has 2 atom stereocenters. The molecule has 1 rings (SSSR count). The van der Waals surface area contributed by atoms with Gasteiger partial charge in [0.15, 0.2) is 0 Å². The van der Waals surface area contributed by atoms with Gasteiger partial charge in [0.25, 0.3) is 0 Å². The fourth-order valence-corrected chi connectivity index (χ4v) is 2.68. The van der Waals surface area contributed by atoms with Gasteiger partial charge in [-0.3, -0.25) is 9.69 Å². The second kappa shape index (κ2) is 8.87. The molecule has 1 saturated heterocycles. The van der Waals surface area contributed by atoms with Gasteiger partial charge in [0.1, 0.15) is 0 Å². The highest BCUT2D eigenvalue weighted by molar-refractivity contribution is 5.71. The molecule has 0 aromatic carbocycles. The van der Waals surface area contributed by atoms with E-state index in [4.69, 9.17) is 9.47 Å². The summed E-state index contributed by atoms with van der Waals surface area (Å²) in [5.74, 6) is 0.735. The maximum absolute atomic E-state index is 11.6. The van der Waals surface area contributed by atoms with Gasteiger partial charge in [-0.05, 0) is 32.1 Å². The van der Waals surface area contributed by atoms with Crippen molar-refractivity contribution < 1.29 is 19.1 Å². The number of esters is 1. The minimum atomic E-state index is -0.386. The Morgan fingerprint density at radius 2 is 1.86 bits per heavy atom. The molecule has 1 aliphatic heterocycles. The van der Waals surface area contributed by atoms with E-state index in [0.717, 1.165) is 13.0 Å². The van der Waals surface area contributed by atoms with Gasteiger partial charge in [0.05, 0.1) is 19.8 Å². The van der Waals surface area contributed by atoms with Gasteiger partial charge in [-0.25, -0.2) is 4.79 Å². The van der Waals surface area contributed by atoms with Gasteiger partial charge in [0.2, 0.25) is 0 Å². The minimum Gasteiger partial charge on any atom is -0.465 e. The fourth-order valence-electron chi connectivity index (χ4n) is 2.68. The minimum absolute atomic E-state index is 0.0135. The number of carbonyl (C=O) groups excluding carboxylic acids is 2. The lowest BCUT2D eigenvalue weighted by Crippen LogP contribution is -2.53. The zero-order valence-corrected chi connectivity index (χ0v) is 13.6. The molecule has 0 radical (unpaired) electrons. The fraction of sp³-hybridized carbons (Fsp3) is 0.867. The molecule has 1 amide bonds. The first-order valence-corrected chi connectivity index (χ1v) is 7.77. The molecule has 0 saturated carbocycles. The molecule has 0 aliphatic carbocycles. The summed E-state index contributed by atoms with van der Waals surface area (Å²) in [6.07, 6.45) is 0.526. The van der Waals surface area contributed by atoms with E-state index in [1.807, 2.05) is 0 Å². The maximum Gasteiger partial charge on any atom is 0.407 e. The van der Waals surface area contributed by atoms with Crippen LogP contribution in [0.5, 0.6) is 0 Å². The molecule has 2 unspecified atom stereocenters. The normalized spacial score (nSPS) is 22.9. The molecule has 6 heteroatoms. The standard InChI is InChI=1S/C15H28N2O4/c1-5-20-14(18)10-17-8-12(11(3)4)7-13(9-17)16-15(19)21-6-2/h11-13H,5-10H2,1-4H3,(H,16,19).